The first-order valence-corrected chi connectivity index (χ1v) is 7.37. The Bertz CT molecular complexity index is 681. The predicted molar refractivity (Wildman–Crippen MR) is 64.8 cm³/mol. The second-order valence-corrected chi connectivity index (χ2v) is 6.55. The number of aromatic nitrogens is 1. The van der Waals surface area contributed by atoms with Crippen LogP contribution in [-0.4, -0.2) is 38.0 Å². The van der Waals surface area contributed by atoms with E-state index in [2.05, 4.69) is 4.98 Å². The second-order valence-electron chi connectivity index (χ2n) is 4.25. The normalized spacial score (nSPS) is 19.3. The van der Waals surface area contributed by atoms with Crippen molar-refractivity contribution in [2.75, 3.05) is 29.5 Å². The van der Waals surface area contributed by atoms with E-state index in [9.17, 15) is 12.8 Å². The van der Waals surface area contributed by atoms with Gasteiger partial charge in [-0.3, -0.25) is 0 Å². The maximum atomic E-state index is 13.0. The minimum absolute atomic E-state index is 0.0973. The van der Waals surface area contributed by atoms with Crippen molar-refractivity contribution in [2.24, 2.45) is 0 Å². The molecule has 1 saturated heterocycles. The molecule has 0 radical (unpaired) electrons. The summed E-state index contributed by atoms with van der Waals surface area (Å²) in [6.45, 7) is 0.718. The Kier molecular flexibility index (Phi) is 2.51. The van der Waals surface area contributed by atoms with Crippen LogP contribution in [0.15, 0.2) is 22.6 Å². The molecule has 18 heavy (non-hydrogen) atoms. The van der Waals surface area contributed by atoms with Gasteiger partial charge in [0.1, 0.15) is 11.3 Å². The van der Waals surface area contributed by atoms with Gasteiger partial charge in [-0.2, -0.15) is 4.98 Å². The molecule has 1 fully saturated rings. The summed E-state index contributed by atoms with van der Waals surface area (Å²) >= 11 is 0. The number of halogens is 1. The highest BCUT2D eigenvalue weighted by molar-refractivity contribution is 7.91. The van der Waals surface area contributed by atoms with Gasteiger partial charge in [0.15, 0.2) is 15.4 Å². The molecule has 0 spiro atoms. The number of hydrogen-bond donors (Lipinski definition) is 0. The topological polar surface area (TPSA) is 63.4 Å². The van der Waals surface area contributed by atoms with Gasteiger partial charge in [0.2, 0.25) is 0 Å². The van der Waals surface area contributed by atoms with Gasteiger partial charge in [-0.05, 0) is 12.1 Å². The molecule has 1 aromatic heterocycles. The maximum Gasteiger partial charge on any atom is 0.298 e. The van der Waals surface area contributed by atoms with Crippen molar-refractivity contribution in [3.8, 4) is 0 Å². The van der Waals surface area contributed by atoms with E-state index in [1.807, 2.05) is 0 Å². The molecule has 96 valence electrons. The maximum absolute atomic E-state index is 13.0. The second kappa shape index (κ2) is 3.94. The van der Waals surface area contributed by atoms with Crippen molar-refractivity contribution in [2.45, 2.75) is 0 Å². The zero-order valence-electron chi connectivity index (χ0n) is 9.47. The number of hydrogen-bond acceptors (Lipinski definition) is 5. The fourth-order valence-corrected chi connectivity index (χ4v) is 3.13. The van der Waals surface area contributed by atoms with E-state index in [1.165, 1.54) is 12.1 Å². The van der Waals surface area contributed by atoms with Crippen LogP contribution in [0, 0.1) is 5.82 Å². The van der Waals surface area contributed by atoms with E-state index in [0.717, 1.165) is 0 Å². The summed E-state index contributed by atoms with van der Waals surface area (Å²) in [6, 6.07) is 4.48. The number of rotatable bonds is 1. The van der Waals surface area contributed by atoms with Crippen LogP contribution in [0.1, 0.15) is 0 Å². The highest BCUT2D eigenvalue weighted by Crippen LogP contribution is 2.23. The van der Waals surface area contributed by atoms with Gasteiger partial charge in [0.25, 0.3) is 6.01 Å². The zero-order chi connectivity index (χ0) is 12.8. The Labute approximate surface area is 103 Å². The van der Waals surface area contributed by atoms with Crippen LogP contribution in [0.3, 0.4) is 0 Å². The van der Waals surface area contributed by atoms with Crippen molar-refractivity contribution >= 4 is 27.0 Å². The van der Waals surface area contributed by atoms with Crippen molar-refractivity contribution in [3.05, 3.63) is 24.0 Å². The molecule has 0 N–H and O–H groups in total. The largest absolute Gasteiger partial charge is 0.423 e. The van der Waals surface area contributed by atoms with Gasteiger partial charge in [0, 0.05) is 19.2 Å². The summed E-state index contributed by atoms with van der Waals surface area (Å²) in [5.41, 5.74) is 0.943. The lowest BCUT2D eigenvalue weighted by atomic mass is 10.3. The standard InChI is InChI=1S/C11H11FN2O3S/c12-8-1-2-9-10(7-8)17-11(13-9)14-3-5-18(15,16)6-4-14/h1-2,7H,3-6H2. The van der Waals surface area contributed by atoms with Crippen LogP contribution in [0.2, 0.25) is 0 Å². The lowest BCUT2D eigenvalue weighted by Crippen LogP contribution is -2.40. The van der Waals surface area contributed by atoms with Gasteiger partial charge in [-0.1, -0.05) is 0 Å². The van der Waals surface area contributed by atoms with Crippen molar-refractivity contribution in [1.82, 2.24) is 4.98 Å². The molecule has 1 aliphatic rings. The first-order chi connectivity index (χ1) is 8.53. The first kappa shape index (κ1) is 11.5. The summed E-state index contributed by atoms with van der Waals surface area (Å²) in [7, 11) is -2.93. The highest BCUT2D eigenvalue weighted by atomic mass is 32.2. The van der Waals surface area contributed by atoms with Crippen LogP contribution < -0.4 is 4.90 Å². The molecular formula is C11H11FN2O3S. The minimum atomic E-state index is -2.93. The number of oxazole rings is 1. The molecule has 0 atom stereocenters. The number of fused-ring (bicyclic) bond motifs is 1. The summed E-state index contributed by atoms with van der Waals surface area (Å²) in [5.74, 6) is -0.188. The van der Waals surface area contributed by atoms with E-state index in [0.29, 0.717) is 30.2 Å². The summed E-state index contributed by atoms with van der Waals surface area (Å²) in [6.07, 6.45) is 0. The molecule has 5 nitrogen and oxygen atoms in total. The van der Waals surface area contributed by atoms with Crippen molar-refractivity contribution < 1.29 is 17.2 Å². The Morgan fingerprint density at radius 2 is 2.00 bits per heavy atom. The van der Waals surface area contributed by atoms with E-state index >= 15 is 0 Å². The van der Waals surface area contributed by atoms with E-state index < -0.39 is 9.84 Å². The molecule has 0 unspecified atom stereocenters. The molecule has 0 saturated carbocycles. The molecule has 0 bridgehead atoms. The third kappa shape index (κ3) is 2.05. The average Bonchev–Trinajstić information content (AvgIpc) is 2.71. The smallest absolute Gasteiger partial charge is 0.298 e. The van der Waals surface area contributed by atoms with Gasteiger partial charge >= 0.3 is 0 Å². The minimum Gasteiger partial charge on any atom is -0.423 e. The van der Waals surface area contributed by atoms with E-state index in [4.69, 9.17) is 4.42 Å². The lowest BCUT2D eigenvalue weighted by molar-refractivity contribution is 0.554. The molecule has 1 aliphatic heterocycles. The van der Waals surface area contributed by atoms with Gasteiger partial charge < -0.3 is 9.32 Å². The van der Waals surface area contributed by atoms with E-state index in [-0.39, 0.29) is 17.3 Å². The fraction of sp³-hybridized carbons (Fsp3) is 0.364. The Hall–Kier alpha value is -1.63. The Balaban J connectivity index is 1.91. The molecule has 2 aromatic rings. The molecule has 2 heterocycles. The summed E-state index contributed by atoms with van der Waals surface area (Å²) in [4.78, 5) is 5.99. The fourth-order valence-electron chi connectivity index (χ4n) is 1.93. The molecular weight excluding hydrogens is 259 g/mol. The van der Waals surface area contributed by atoms with Gasteiger partial charge in [0.05, 0.1) is 11.5 Å². The molecule has 1 aromatic carbocycles. The third-order valence-corrected chi connectivity index (χ3v) is 4.56. The third-order valence-electron chi connectivity index (χ3n) is 2.95. The van der Waals surface area contributed by atoms with Crippen LogP contribution in [0.25, 0.3) is 11.1 Å². The Morgan fingerprint density at radius 1 is 1.28 bits per heavy atom. The molecule has 7 heteroatoms. The van der Waals surface area contributed by atoms with Crippen LogP contribution in [0.4, 0.5) is 10.4 Å². The average molecular weight is 270 g/mol. The van der Waals surface area contributed by atoms with Crippen LogP contribution in [-0.2, 0) is 9.84 Å². The first-order valence-electron chi connectivity index (χ1n) is 5.55. The van der Waals surface area contributed by atoms with Crippen LogP contribution >= 0.6 is 0 Å². The number of nitrogens with zero attached hydrogens (tertiary/aromatic N) is 2. The van der Waals surface area contributed by atoms with Gasteiger partial charge in [-0.25, -0.2) is 12.8 Å². The number of sulfone groups is 1. The monoisotopic (exact) mass is 270 g/mol. The van der Waals surface area contributed by atoms with E-state index in [1.54, 1.807) is 11.0 Å². The molecule has 0 aliphatic carbocycles. The van der Waals surface area contributed by atoms with Crippen molar-refractivity contribution in [1.29, 1.82) is 0 Å². The Morgan fingerprint density at radius 3 is 2.72 bits per heavy atom. The quantitative estimate of drug-likeness (QED) is 0.779. The number of benzene rings is 1. The summed E-state index contributed by atoms with van der Waals surface area (Å²) < 4.78 is 41.1. The van der Waals surface area contributed by atoms with Gasteiger partial charge in [-0.15, -0.1) is 0 Å². The molecule has 0 amide bonds. The lowest BCUT2D eigenvalue weighted by Gasteiger charge is -2.24. The predicted octanol–water partition coefficient (Wildman–Crippen LogP) is 1.20. The summed E-state index contributed by atoms with van der Waals surface area (Å²) in [5, 5.41) is 0. The molecule has 3 rings (SSSR count). The SMILES string of the molecule is O=S1(=O)CCN(c2nc3ccc(F)cc3o2)CC1. The highest BCUT2D eigenvalue weighted by Gasteiger charge is 2.24. The zero-order valence-corrected chi connectivity index (χ0v) is 10.3. The number of anilines is 1. The van der Waals surface area contributed by atoms with Crippen molar-refractivity contribution in [3.63, 3.8) is 0 Å². The van der Waals surface area contributed by atoms with Crippen LogP contribution in [0.5, 0.6) is 0 Å².